The van der Waals surface area contributed by atoms with Crippen LogP contribution in [-0.2, 0) is 11.3 Å². The summed E-state index contributed by atoms with van der Waals surface area (Å²) in [6.07, 6.45) is 2.37. The van der Waals surface area contributed by atoms with Crippen molar-refractivity contribution in [2.75, 3.05) is 32.0 Å². The predicted octanol–water partition coefficient (Wildman–Crippen LogP) is 3.15. The van der Waals surface area contributed by atoms with Crippen molar-refractivity contribution in [2.24, 2.45) is 5.41 Å². The summed E-state index contributed by atoms with van der Waals surface area (Å²) in [7, 11) is 1.81. The van der Waals surface area contributed by atoms with E-state index in [0.29, 0.717) is 30.9 Å². The first-order valence-corrected chi connectivity index (χ1v) is 10.6. The average Bonchev–Trinajstić information content (AvgIpc) is 3.22. The fourth-order valence-corrected chi connectivity index (χ4v) is 5.18. The van der Waals surface area contributed by atoms with Gasteiger partial charge in [0, 0.05) is 45.1 Å². The van der Waals surface area contributed by atoms with Gasteiger partial charge in [0.25, 0.3) is 5.91 Å². The van der Waals surface area contributed by atoms with Crippen molar-refractivity contribution in [3.63, 3.8) is 0 Å². The van der Waals surface area contributed by atoms with Crippen molar-refractivity contribution < 1.29 is 9.59 Å². The Morgan fingerprint density at radius 2 is 1.96 bits per heavy atom. The number of aromatic nitrogens is 1. The summed E-state index contributed by atoms with van der Waals surface area (Å²) < 4.78 is 0. The molecular formula is C21H26N4O2S. The van der Waals surface area contributed by atoms with Crippen molar-refractivity contribution in [1.82, 2.24) is 14.8 Å². The minimum absolute atomic E-state index is 0.0154. The van der Waals surface area contributed by atoms with Gasteiger partial charge in [0.1, 0.15) is 4.88 Å². The summed E-state index contributed by atoms with van der Waals surface area (Å²) in [6, 6.07) is 10.1. The van der Waals surface area contributed by atoms with Gasteiger partial charge >= 0.3 is 0 Å². The molecule has 1 spiro atoms. The van der Waals surface area contributed by atoms with Crippen LogP contribution in [0, 0.1) is 12.3 Å². The fraction of sp³-hybridized carbons (Fsp3) is 0.476. The predicted molar refractivity (Wildman–Crippen MR) is 110 cm³/mol. The minimum atomic E-state index is 0.0154. The molecule has 28 heavy (non-hydrogen) atoms. The first kappa shape index (κ1) is 18.9. The molecule has 0 bridgehead atoms. The second-order valence-corrected chi connectivity index (χ2v) is 8.89. The Morgan fingerprint density at radius 3 is 2.61 bits per heavy atom. The lowest BCUT2D eigenvalue weighted by Gasteiger charge is -2.38. The smallest absolute Gasteiger partial charge is 0.265 e. The number of hydrogen-bond acceptors (Lipinski definition) is 5. The largest absolute Gasteiger partial charge is 0.365 e. The topological polar surface area (TPSA) is 65.5 Å². The Morgan fingerprint density at radius 1 is 1.25 bits per heavy atom. The number of piperidine rings is 1. The molecule has 2 aliphatic heterocycles. The first-order chi connectivity index (χ1) is 13.5. The van der Waals surface area contributed by atoms with Crippen LogP contribution in [0.1, 0.15) is 40.2 Å². The third-order valence-electron chi connectivity index (χ3n) is 5.94. The number of anilines is 1. The van der Waals surface area contributed by atoms with Gasteiger partial charge in [0.05, 0.1) is 5.69 Å². The van der Waals surface area contributed by atoms with Crippen LogP contribution in [0.2, 0.25) is 0 Å². The van der Waals surface area contributed by atoms with E-state index in [-0.39, 0.29) is 17.2 Å². The average molecular weight is 399 g/mol. The van der Waals surface area contributed by atoms with E-state index in [2.05, 4.69) is 22.4 Å². The number of amides is 2. The van der Waals surface area contributed by atoms with E-state index in [9.17, 15) is 9.59 Å². The number of nitrogens with zero attached hydrogens (tertiary/aromatic N) is 3. The maximum Gasteiger partial charge on any atom is 0.265 e. The van der Waals surface area contributed by atoms with E-state index in [1.807, 2.05) is 42.0 Å². The van der Waals surface area contributed by atoms with E-state index in [0.717, 1.165) is 30.2 Å². The van der Waals surface area contributed by atoms with Crippen molar-refractivity contribution in [3.05, 3.63) is 46.5 Å². The summed E-state index contributed by atoms with van der Waals surface area (Å²) in [5.74, 6) is 0.303. The van der Waals surface area contributed by atoms with Gasteiger partial charge in [-0.3, -0.25) is 9.59 Å². The molecule has 0 aliphatic carbocycles. The van der Waals surface area contributed by atoms with Gasteiger partial charge in [0.2, 0.25) is 5.91 Å². The highest BCUT2D eigenvalue weighted by atomic mass is 32.1. The van der Waals surface area contributed by atoms with E-state index in [1.165, 1.54) is 16.9 Å². The highest BCUT2D eigenvalue weighted by Crippen LogP contribution is 2.42. The molecule has 1 N–H and O–H groups in total. The standard InChI is InChI=1S/C21H26N4O2S/c1-15-18(28-20(22-2)23-15)19(27)24-10-8-21(9-11-24)12-17(26)25(14-21)13-16-6-4-3-5-7-16/h3-7H,8-14H2,1-2H3,(H,22,23). The molecule has 0 atom stereocenters. The highest BCUT2D eigenvalue weighted by Gasteiger charge is 2.45. The molecule has 0 radical (unpaired) electrons. The van der Waals surface area contributed by atoms with Gasteiger partial charge < -0.3 is 15.1 Å². The molecule has 6 nitrogen and oxygen atoms in total. The lowest BCUT2D eigenvalue weighted by Crippen LogP contribution is -2.44. The van der Waals surface area contributed by atoms with Crippen LogP contribution in [0.15, 0.2) is 30.3 Å². The van der Waals surface area contributed by atoms with Crippen molar-refractivity contribution in [1.29, 1.82) is 0 Å². The lowest BCUT2D eigenvalue weighted by atomic mass is 9.77. The zero-order valence-electron chi connectivity index (χ0n) is 16.4. The molecular weight excluding hydrogens is 372 g/mol. The van der Waals surface area contributed by atoms with Crippen LogP contribution in [0.25, 0.3) is 0 Å². The minimum Gasteiger partial charge on any atom is -0.365 e. The molecule has 2 saturated heterocycles. The second-order valence-electron chi connectivity index (χ2n) is 7.89. The third-order valence-corrected chi connectivity index (χ3v) is 7.10. The summed E-state index contributed by atoms with van der Waals surface area (Å²) in [4.78, 5) is 34.5. The number of aryl methyl sites for hydroxylation is 1. The number of rotatable bonds is 4. The van der Waals surface area contributed by atoms with Crippen molar-refractivity contribution in [2.45, 2.75) is 32.7 Å². The quantitative estimate of drug-likeness (QED) is 0.859. The summed E-state index contributed by atoms with van der Waals surface area (Å²) in [5.41, 5.74) is 1.97. The molecule has 2 amide bonds. The maximum absolute atomic E-state index is 12.9. The number of benzene rings is 1. The molecule has 3 heterocycles. The van der Waals surface area contributed by atoms with E-state index in [1.54, 1.807) is 0 Å². The Labute approximate surface area is 169 Å². The lowest BCUT2D eigenvalue weighted by molar-refractivity contribution is -0.128. The number of likely N-dealkylation sites (tertiary alicyclic amines) is 2. The van der Waals surface area contributed by atoms with Gasteiger partial charge in [-0.1, -0.05) is 41.7 Å². The van der Waals surface area contributed by atoms with Crippen LogP contribution in [-0.4, -0.2) is 53.3 Å². The van der Waals surface area contributed by atoms with E-state index in [4.69, 9.17) is 0 Å². The number of nitrogens with one attached hydrogen (secondary N) is 1. The van der Waals surface area contributed by atoms with Crippen molar-refractivity contribution in [3.8, 4) is 0 Å². The zero-order valence-corrected chi connectivity index (χ0v) is 17.2. The van der Waals surface area contributed by atoms with Gasteiger partial charge in [-0.15, -0.1) is 0 Å². The van der Waals surface area contributed by atoms with E-state index < -0.39 is 0 Å². The zero-order chi connectivity index (χ0) is 19.7. The summed E-state index contributed by atoms with van der Waals surface area (Å²) in [6.45, 7) is 4.77. The summed E-state index contributed by atoms with van der Waals surface area (Å²) >= 11 is 1.41. The Hall–Kier alpha value is -2.41. The van der Waals surface area contributed by atoms with Crippen LogP contribution >= 0.6 is 11.3 Å². The molecule has 0 saturated carbocycles. The van der Waals surface area contributed by atoms with Gasteiger partial charge in [-0.2, -0.15) is 0 Å². The SMILES string of the molecule is CNc1nc(C)c(C(=O)N2CCC3(CC2)CC(=O)N(Cc2ccccc2)C3)s1. The number of carbonyl (C=O) groups excluding carboxylic acids is 2. The fourth-order valence-electron chi connectivity index (χ4n) is 4.29. The van der Waals surface area contributed by atoms with Crippen LogP contribution in [0.4, 0.5) is 5.13 Å². The number of carbonyl (C=O) groups is 2. The number of hydrogen-bond donors (Lipinski definition) is 1. The van der Waals surface area contributed by atoms with Crippen LogP contribution < -0.4 is 5.32 Å². The Kier molecular flexibility index (Phi) is 5.10. The van der Waals surface area contributed by atoms with Crippen molar-refractivity contribution >= 4 is 28.3 Å². The molecule has 1 aromatic carbocycles. The first-order valence-electron chi connectivity index (χ1n) is 9.76. The van der Waals surface area contributed by atoms with Gasteiger partial charge in [0.15, 0.2) is 5.13 Å². The Bertz CT molecular complexity index is 872. The monoisotopic (exact) mass is 398 g/mol. The maximum atomic E-state index is 12.9. The third kappa shape index (κ3) is 3.63. The molecule has 7 heteroatoms. The molecule has 2 fully saturated rings. The van der Waals surface area contributed by atoms with Crippen LogP contribution in [0.3, 0.4) is 0 Å². The molecule has 2 aliphatic rings. The molecule has 4 rings (SSSR count). The van der Waals surface area contributed by atoms with Gasteiger partial charge in [-0.25, -0.2) is 4.98 Å². The molecule has 0 unspecified atom stereocenters. The summed E-state index contributed by atoms with van der Waals surface area (Å²) in [5, 5.41) is 3.78. The highest BCUT2D eigenvalue weighted by molar-refractivity contribution is 7.17. The second kappa shape index (κ2) is 7.54. The molecule has 1 aromatic heterocycles. The molecule has 148 valence electrons. The Balaban J connectivity index is 1.39. The number of thiazole rings is 1. The van der Waals surface area contributed by atoms with Gasteiger partial charge in [-0.05, 0) is 25.3 Å². The normalized spacial score (nSPS) is 18.7. The molecule has 2 aromatic rings. The van der Waals surface area contributed by atoms with Crippen LogP contribution in [0.5, 0.6) is 0 Å². The van der Waals surface area contributed by atoms with E-state index >= 15 is 0 Å².